The molecular formula is C15H13ClN4S. The van der Waals surface area contributed by atoms with E-state index < -0.39 is 0 Å². The largest absolute Gasteiger partial charge is 0.318 e. The molecule has 0 saturated heterocycles. The smallest absolute Gasteiger partial charge is 0.115 e. The Bertz CT molecular complexity index is 801. The van der Waals surface area contributed by atoms with Crippen LogP contribution in [0.1, 0.15) is 29.4 Å². The van der Waals surface area contributed by atoms with Gasteiger partial charge < -0.3 is 4.57 Å². The first kappa shape index (κ1) is 14.1. The molecule has 6 heteroatoms. The Morgan fingerprint density at radius 3 is 3.00 bits per heavy atom. The van der Waals surface area contributed by atoms with E-state index in [2.05, 4.69) is 27.5 Å². The predicted octanol–water partition coefficient (Wildman–Crippen LogP) is 3.76. The maximum Gasteiger partial charge on any atom is 0.115 e. The summed E-state index contributed by atoms with van der Waals surface area (Å²) >= 11 is 7.52. The van der Waals surface area contributed by atoms with Gasteiger partial charge in [0.15, 0.2) is 0 Å². The number of alkyl halides is 1. The van der Waals surface area contributed by atoms with E-state index in [4.69, 9.17) is 16.9 Å². The maximum absolute atomic E-state index is 9.11. The van der Waals surface area contributed by atoms with Crippen molar-refractivity contribution in [1.29, 1.82) is 5.26 Å². The molecular weight excluding hydrogens is 304 g/mol. The lowest BCUT2D eigenvalue weighted by Gasteiger charge is -2.15. The average molecular weight is 317 g/mol. The van der Waals surface area contributed by atoms with Crippen molar-refractivity contribution in [3.63, 3.8) is 0 Å². The number of hydrogen-bond acceptors (Lipinski definition) is 4. The van der Waals surface area contributed by atoms with Gasteiger partial charge in [-0.05, 0) is 25.1 Å². The number of nitriles is 1. The van der Waals surface area contributed by atoms with Gasteiger partial charge in [0.1, 0.15) is 10.8 Å². The third-order valence-electron chi connectivity index (χ3n) is 3.41. The van der Waals surface area contributed by atoms with E-state index >= 15 is 0 Å². The summed E-state index contributed by atoms with van der Waals surface area (Å²) in [7, 11) is 0. The zero-order valence-electron chi connectivity index (χ0n) is 11.5. The highest BCUT2D eigenvalue weighted by molar-refractivity contribution is 7.09. The second-order valence-corrected chi connectivity index (χ2v) is 6.00. The average Bonchev–Trinajstić information content (AvgIpc) is 3.13. The van der Waals surface area contributed by atoms with Crippen molar-refractivity contribution < 1.29 is 0 Å². The van der Waals surface area contributed by atoms with Crippen LogP contribution in [0, 0.1) is 11.3 Å². The number of rotatable bonds is 4. The van der Waals surface area contributed by atoms with Crippen molar-refractivity contribution in [1.82, 2.24) is 14.5 Å². The Kier molecular flexibility index (Phi) is 3.91. The summed E-state index contributed by atoms with van der Waals surface area (Å²) in [6, 6.07) is 7.81. The number of thiazole rings is 1. The van der Waals surface area contributed by atoms with Crippen LogP contribution in [0.4, 0.5) is 0 Å². The van der Waals surface area contributed by atoms with E-state index in [-0.39, 0.29) is 6.04 Å². The summed E-state index contributed by atoms with van der Waals surface area (Å²) in [5.41, 5.74) is 2.47. The van der Waals surface area contributed by atoms with Gasteiger partial charge >= 0.3 is 0 Å². The molecule has 3 rings (SSSR count). The van der Waals surface area contributed by atoms with Crippen molar-refractivity contribution in [2.45, 2.75) is 19.4 Å². The van der Waals surface area contributed by atoms with Crippen LogP contribution in [-0.4, -0.2) is 20.4 Å². The van der Waals surface area contributed by atoms with Gasteiger partial charge in [-0.2, -0.15) is 5.26 Å². The molecule has 1 unspecified atom stereocenters. The summed E-state index contributed by atoms with van der Waals surface area (Å²) in [4.78, 5) is 9.05. The fourth-order valence-electron chi connectivity index (χ4n) is 2.46. The molecule has 0 fully saturated rings. The highest BCUT2D eigenvalue weighted by Crippen LogP contribution is 2.28. The molecule has 0 bridgehead atoms. The van der Waals surface area contributed by atoms with E-state index in [1.807, 2.05) is 17.5 Å². The van der Waals surface area contributed by atoms with Gasteiger partial charge in [-0.25, -0.2) is 9.97 Å². The van der Waals surface area contributed by atoms with Gasteiger partial charge in [0.25, 0.3) is 0 Å². The van der Waals surface area contributed by atoms with Crippen molar-refractivity contribution >= 4 is 34.0 Å². The standard InChI is InChI=1S/C15H13ClN4S/c1-10(15-18-6-7-21-15)20-13-8-11(9-17)2-3-12(13)19-14(20)4-5-16/h2-3,6-8,10H,4-5H2,1H3. The Morgan fingerprint density at radius 2 is 2.33 bits per heavy atom. The van der Waals surface area contributed by atoms with Crippen LogP contribution in [-0.2, 0) is 6.42 Å². The lowest BCUT2D eigenvalue weighted by molar-refractivity contribution is 0.620. The Hall–Kier alpha value is -1.90. The molecule has 0 spiro atoms. The molecule has 0 radical (unpaired) electrons. The van der Waals surface area contributed by atoms with E-state index in [9.17, 15) is 0 Å². The summed E-state index contributed by atoms with van der Waals surface area (Å²) < 4.78 is 2.14. The molecule has 2 aromatic heterocycles. The summed E-state index contributed by atoms with van der Waals surface area (Å²) in [6.45, 7) is 2.09. The minimum Gasteiger partial charge on any atom is -0.318 e. The minimum absolute atomic E-state index is 0.0714. The quantitative estimate of drug-likeness (QED) is 0.689. The number of halogens is 1. The molecule has 106 valence electrons. The van der Waals surface area contributed by atoms with Crippen molar-refractivity contribution in [3.8, 4) is 6.07 Å². The second kappa shape index (κ2) is 5.84. The number of hydrogen-bond donors (Lipinski definition) is 0. The third-order valence-corrected chi connectivity index (χ3v) is 4.54. The maximum atomic E-state index is 9.11. The first-order valence-electron chi connectivity index (χ1n) is 6.61. The monoisotopic (exact) mass is 316 g/mol. The van der Waals surface area contributed by atoms with Gasteiger partial charge in [-0.1, -0.05) is 0 Å². The molecule has 4 nitrogen and oxygen atoms in total. The minimum atomic E-state index is 0.0714. The number of aromatic nitrogens is 3. The zero-order chi connectivity index (χ0) is 14.8. The van der Waals surface area contributed by atoms with E-state index in [0.29, 0.717) is 17.9 Å². The van der Waals surface area contributed by atoms with Crippen molar-refractivity contribution in [3.05, 3.63) is 46.2 Å². The number of fused-ring (bicyclic) bond motifs is 1. The number of nitrogens with zero attached hydrogens (tertiary/aromatic N) is 4. The van der Waals surface area contributed by atoms with Crippen LogP contribution < -0.4 is 0 Å². The Morgan fingerprint density at radius 1 is 1.48 bits per heavy atom. The molecule has 3 aromatic rings. The van der Waals surface area contributed by atoms with Crippen molar-refractivity contribution in [2.24, 2.45) is 0 Å². The van der Waals surface area contributed by atoms with E-state index in [1.165, 1.54) is 0 Å². The van der Waals surface area contributed by atoms with Crippen LogP contribution in [0.5, 0.6) is 0 Å². The molecule has 0 aliphatic carbocycles. The van der Waals surface area contributed by atoms with E-state index in [0.717, 1.165) is 21.9 Å². The topological polar surface area (TPSA) is 54.5 Å². The third kappa shape index (κ3) is 2.53. The molecule has 1 aromatic carbocycles. The van der Waals surface area contributed by atoms with Gasteiger partial charge in [0.05, 0.1) is 28.7 Å². The van der Waals surface area contributed by atoms with Crippen LogP contribution in [0.3, 0.4) is 0 Å². The molecule has 0 saturated carbocycles. The first-order valence-corrected chi connectivity index (χ1v) is 8.02. The Labute approximate surface area is 131 Å². The van der Waals surface area contributed by atoms with Gasteiger partial charge in [0.2, 0.25) is 0 Å². The SMILES string of the molecule is CC(c1nccs1)n1c(CCCl)nc2ccc(C#N)cc21. The zero-order valence-corrected chi connectivity index (χ0v) is 13.0. The molecule has 0 aliphatic rings. The Balaban J connectivity index is 2.21. The second-order valence-electron chi connectivity index (χ2n) is 4.70. The summed E-state index contributed by atoms with van der Waals surface area (Å²) in [5.74, 6) is 1.44. The number of aryl methyl sites for hydroxylation is 1. The molecule has 0 N–H and O–H groups in total. The molecule has 0 aliphatic heterocycles. The summed E-state index contributed by atoms with van der Waals surface area (Å²) in [5, 5.41) is 12.1. The normalized spacial score (nSPS) is 12.4. The van der Waals surface area contributed by atoms with Crippen LogP contribution in [0.15, 0.2) is 29.8 Å². The highest BCUT2D eigenvalue weighted by atomic mass is 35.5. The van der Waals surface area contributed by atoms with Crippen LogP contribution >= 0.6 is 22.9 Å². The number of imidazole rings is 1. The fourth-order valence-corrected chi connectivity index (χ4v) is 3.31. The highest BCUT2D eigenvalue weighted by Gasteiger charge is 2.19. The van der Waals surface area contributed by atoms with Crippen LogP contribution in [0.2, 0.25) is 0 Å². The van der Waals surface area contributed by atoms with Crippen molar-refractivity contribution in [2.75, 3.05) is 5.88 Å². The molecule has 0 amide bonds. The van der Waals surface area contributed by atoms with Gasteiger partial charge in [0, 0.05) is 23.9 Å². The lowest BCUT2D eigenvalue weighted by Crippen LogP contribution is -2.11. The molecule has 21 heavy (non-hydrogen) atoms. The first-order chi connectivity index (χ1) is 10.2. The number of benzene rings is 1. The van der Waals surface area contributed by atoms with Crippen LogP contribution in [0.25, 0.3) is 11.0 Å². The summed E-state index contributed by atoms with van der Waals surface area (Å²) in [6.07, 6.45) is 2.49. The molecule has 2 heterocycles. The molecule has 1 atom stereocenters. The fraction of sp³-hybridized carbons (Fsp3) is 0.267. The van der Waals surface area contributed by atoms with E-state index in [1.54, 1.807) is 23.6 Å². The van der Waals surface area contributed by atoms with Gasteiger partial charge in [-0.3, -0.25) is 0 Å². The lowest BCUT2D eigenvalue weighted by atomic mass is 10.2. The predicted molar refractivity (Wildman–Crippen MR) is 84.8 cm³/mol. The van der Waals surface area contributed by atoms with Gasteiger partial charge in [-0.15, -0.1) is 22.9 Å².